The summed E-state index contributed by atoms with van der Waals surface area (Å²) in [5, 5.41) is 20.5. The van der Waals surface area contributed by atoms with Gasteiger partial charge in [0.2, 0.25) is 0 Å². The molecule has 138 valence electrons. The third-order valence-corrected chi connectivity index (χ3v) is 4.09. The molecule has 1 aromatic carbocycles. The van der Waals surface area contributed by atoms with Crippen LogP contribution in [0.5, 0.6) is 0 Å². The minimum absolute atomic E-state index is 0.175. The molecule has 1 aliphatic heterocycles. The molecule has 0 spiro atoms. The number of carboxylic acid groups (broad SMARTS) is 1. The predicted molar refractivity (Wildman–Crippen MR) is 85.7 cm³/mol. The highest BCUT2D eigenvalue weighted by Crippen LogP contribution is 2.34. The number of hydrogen-bond donors (Lipinski definition) is 2. The van der Waals surface area contributed by atoms with E-state index in [0.29, 0.717) is 0 Å². The first-order valence-electron chi connectivity index (χ1n) is 7.79. The molecule has 9 heteroatoms. The number of para-hydroxylation sites is 1. The Balaban J connectivity index is 2.11. The molecule has 6 nitrogen and oxygen atoms in total. The normalized spacial score (nSPS) is 16.1. The second-order valence-corrected chi connectivity index (χ2v) is 5.76. The number of carbonyl (C=O) groups excluding carboxylic acids is 1. The fourth-order valence-corrected chi connectivity index (χ4v) is 2.65. The molecule has 26 heavy (non-hydrogen) atoms. The number of nitrogens with zero attached hydrogens (tertiary/aromatic N) is 2. The average Bonchev–Trinajstić information content (AvgIpc) is 2.61. The van der Waals surface area contributed by atoms with E-state index < -0.39 is 29.5 Å². The van der Waals surface area contributed by atoms with Crippen LogP contribution in [-0.4, -0.2) is 35.0 Å². The van der Waals surface area contributed by atoms with Crippen LogP contribution in [0.4, 0.5) is 18.9 Å². The van der Waals surface area contributed by atoms with Crippen molar-refractivity contribution in [1.82, 2.24) is 4.90 Å². The number of alkyl halides is 3. The molecule has 1 aliphatic rings. The van der Waals surface area contributed by atoms with E-state index >= 15 is 0 Å². The second kappa shape index (κ2) is 7.91. The standard InChI is InChI=1S/C17H16F3N3O3/c18-17(19,20)13-3-1-2-4-14(13)22-10-12(9-21)15(24)23-7-5-11(6-8-23)16(25)26/h1-4,10-11,22H,5-8H2,(H,25,26)/b12-10-. The lowest BCUT2D eigenvalue weighted by Gasteiger charge is -2.29. The topological polar surface area (TPSA) is 93.4 Å². The van der Waals surface area contributed by atoms with Gasteiger partial charge in [0.05, 0.1) is 17.2 Å². The Kier molecular flexibility index (Phi) is 5.87. The number of nitrogens with one attached hydrogen (secondary N) is 1. The van der Waals surface area contributed by atoms with Gasteiger partial charge in [-0.3, -0.25) is 9.59 Å². The summed E-state index contributed by atoms with van der Waals surface area (Å²) in [6.07, 6.45) is -3.10. The predicted octanol–water partition coefficient (Wildman–Crippen LogP) is 2.85. The van der Waals surface area contributed by atoms with E-state index in [-0.39, 0.29) is 37.2 Å². The molecule has 0 aliphatic carbocycles. The molecule has 1 fully saturated rings. The molecule has 2 rings (SSSR count). The Labute approximate surface area is 147 Å². The summed E-state index contributed by atoms with van der Waals surface area (Å²) in [5.41, 5.74) is -1.54. The zero-order valence-electron chi connectivity index (χ0n) is 13.6. The van der Waals surface area contributed by atoms with Gasteiger partial charge in [-0.1, -0.05) is 12.1 Å². The van der Waals surface area contributed by atoms with Crippen LogP contribution < -0.4 is 5.32 Å². The number of anilines is 1. The molecule has 0 bridgehead atoms. The lowest BCUT2D eigenvalue weighted by molar-refractivity contribution is -0.145. The lowest BCUT2D eigenvalue weighted by atomic mass is 9.97. The molecule has 0 saturated carbocycles. The summed E-state index contributed by atoms with van der Waals surface area (Å²) in [6, 6.07) is 6.39. The summed E-state index contributed by atoms with van der Waals surface area (Å²) in [4.78, 5) is 24.6. The molecule has 1 heterocycles. The third kappa shape index (κ3) is 4.53. The number of aliphatic carboxylic acids is 1. The number of benzene rings is 1. The molecule has 0 atom stereocenters. The summed E-state index contributed by atoms with van der Waals surface area (Å²) >= 11 is 0. The van der Waals surface area contributed by atoms with Crippen molar-refractivity contribution in [3.05, 3.63) is 41.6 Å². The first-order chi connectivity index (χ1) is 12.2. The number of hydrogen-bond acceptors (Lipinski definition) is 4. The van der Waals surface area contributed by atoms with Crippen LogP contribution in [0.25, 0.3) is 0 Å². The number of piperidine rings is 1. The van der Waals surface area contributed by atoms with E-state index in [1.165, 1.54) is 23.1 Å². The highest BCUT2D eigenvalue weighted by atomic mass is 19.4. The fraction of sp³-hybridized carbons (Fsp3) is 0.353. The van der Waals surface area contributed by atoms with E-state index in [9.17, 15) is 22.8 Å². The first-order valence-corrected chi connectivity index (χ1v) is 7.79. The first kappa shape index (κ1) is 19.3. The van der Waals surface area contributed by atoms with Gasteiger partial charge in [0.15, 0.2) is 0 Å². The van der Waals surface area contributed by atoms with E-state index in [4.69, 9.17) is 10.4 Å². The van der Waals surface area contributed by atoms with Crippen LogP contribution in [0.1, 0.15) is 18.4 Å². The van der Waals surface area contributed by atoms with E-state index in [0.717, 1.165) is 12.3 Å². The Morgan fingerprint density at radius 2 is 1.88 bits per heavy atom. The molecule has 1 amide bonds. The van der Waals surface area contributed by atoms with Crippen LogP contribution in [0.3, 0.4) is 0 Å². The Morgan fingerprint density at radius 1 is 1.27 bits per heavy atom. The minimum Gasteiger partial charge on any atom is -0.481 e. The maximum absolute atomic E-state index is 13.0. The number of nitriles is 1. The molecular formula is C17H16F3N3O3. The number of rotatable bonds is 4. The second-order valence-electron chi connectivity index (χ2n) is 5.76. The van der Waals surface area contributed by atoms with Crippen molar-refractivity contribution in [3.63, 3.8) is 0 Å². The summed E-state index contributed by atoms with van der Waals surface area (Å²) in [6.45, 7) is 0.349. The van der Waals surface area contributed by atoms with Crippen molar-refractivity contribution in [3.8, 4) is 6.07 Å². The zero-order valence-corrected chi connectivity index (χ0v) is 13.6. The highest BCUT2D eigenvalue weighted by Gasteiger charge is 2.33. The molecule has 1 aromatic rings. The zero-order chi connectivity index (χ0) is 19.3. The van der Waals surface area contributed by atoms with Crippen LogP contribution in [0, 0.1) is 17.2 Å². The SMILES string of the molecule is N#C/C(=C/Nc1ccccc1C(F)(F)F)C(=O)N1CCC(C(=O)O)CC1. The highest BCUT2D eigenvalue weighted by molar-refractivity contribution is 5.97. The third-order valence-electron chi connectivity index (χ3n) is 4.09. The summed E-state index contributed by atoms with van der Waals surface area (Å²) in [5.74, 6) is -2.11. The van der Waals surface area contributed by atoms with Gasteiger partial charge >= 0.3 is 12.1 Å². The Morgan fingerprint density at radius 3 is 2.42 bits per heavy atom. The van der Waals surface area contributed by atoms with Gasteiger partial charge in [-0.2, -0.15) is 18.4 Å². The van der Waals surface area contributed by atoms with Crippen molar-refractivity contribution in [2.45, 2.75) is 19.0 Å². The summed E-state index contributed by atoms with van der Waals surface area (Å²) < 4.78 is 38.9. The monoisotopic (exact) mass is 367 g/mol. The van der Waals surface area contributed by atoms with Gasteiger partial charge < -0.3 is 15.3 Å². The van der Waals surface area contributed by atoms with Crippen molar-refractivity contribution >= 4 is 17.6 Å². The van der Waals surface area contributed by atoms with Gasteiger partial charge in [-0.05, 0) is 25.0 Å². The van der Waals surface area contributed by atoms with Crippen molar-refractivity contribution in [2.24, 2.45) is 5.92 Å². The van der Waals surface area contributed by atoms with Crippen molar-refractivity contribution in [2.75, 3.05) is 18.4 Å². The van der Waals surface area contributed by atoms with Gasteiger partial charge in [-0.25, -0.2) is 0 Å². The number of carbonyl (C=O) groups is 2. The minimum atomic E-state index is -4.58. The average molecular weight is 367 g/mol. The quantitative estimate of drug-likeness (QED) is 0.631. The maximum Gasteiger partial charge on any atom is 0.418 e. The Hall–Kier alpha value is -3.02. The van der Waals surface area contributed by atoms with Crippen molar-refractivity contribution in [1.29, 1.82) is 5.26 Å². The van der Waals surface area contributed by atoms with E-state index in [1.807, 2.05) is 0 Å². The smallest absolute Gasteiger partial charge is 0.418 e. The molecular weight excluding hydrogens is 351 g/mol. The van der Waals surface area contributed by atoms with Gasteiger partial charge in [0.25, 0.3) is 5.91 Å². The van der Waals surface area contributed by atoms with Crippen molar-refractivity contribution < 1.29 is 27.9 Å². The molecule has 0 aromatic heterocycles. The number of amides is 1. The fourth-order valence-electron chi connectivity index (χ4n) is 2.65. The van der Waals surface area contributed by atoms with E-state index in [2.05, 4.69) is 5.32 Å². The molecule has 0 radical (unpaired) electrons. The summed E-state index contributed by atoms with van der Waals surface area (Å²) in [7, 11) is 0. The maximum atomic E-state index is 13.0. The lowest BCUT2D eigenvalue weighted by Crippen LogP contribution is -2.40. The van der Waals surface area contributed by atoms with Crippen LogP contribution in [0.15, 0.2) is 36.0 Å². The number of carboxylic acids is 1. The van der Waals surface area contributed by atoms with Gasteiger partial charge in [0, 0.05) is 19.3 Å². The largest absolute Gasteiger partial charge is 0.481 e. The van der Waals surface area contributed by atoms with Crippen LogP contribution >= 0.6 is 0 Å². The van der Waals surface area contributed by atoms with E-state index in [1.54, 1.807) is 6.07 Å². The Bertz CT molecular complexity index is 760. The molecule has 0 unspecified atom stereocenters. The number of halogens is 3. The van der Waals surface area contributed by atoms with Crippen LogP contribution in [-0.2, 0) is 15.8 Å². The molecule has 2 N–H and O–H groups in total. The number of likely N-dealkylation sites (tertiary alicyclic amines) is 1. The molecule has 1 saturated heterocycles. The van der Waals surface area contributed by atoms with Gasteiger partial charge in [-0.15, -0.1) is 0 Å². The van der Waals surface area contributed by atoms with Gasteiger partial charge in [0.1, 0.15) is 11.6 Å². The van der Waals surface area contributed by atoms with Crippen LogP contribution in [0.2, 0.25) is 0 Å².